The highest BCUT2D eigenvalue weighted by Gasteiger charge is 2.50. The number of nitrogens with one attached hydrogen (secondary N) is 4. The minimum Gasteiger partial charge on any atom is -0.380 e. The number of fused-ring (bicyclic) bond motifs is 1. The van der Waals surface area contributed by atoms with Crippen molar-refractivity contribution in [3.8, 4) is 0 Å². The predicted octanol–water partition coefficient (Wildman–Crippen LogP) is -0.425. The van der Waals surface area contributed by atoms with Gasteiger partial charge in [-0.2, -0.15) is 0 Å². The number of hydrogen-bond acceptors (Lipinski definition) is 7. The molecule has 1 aromatic carbocycles. The van der Waals surface area contributed by atoms with Crippen LogP contribution >= 0.6 is 0 Å². The average molecular weight is 455 g/mol. The van der Waals surface area contributed by atoms with E-state index in [0.717, 1.165) is 6.26 Å². The first kappa shape index (κ1) is 21.8. The van der Waals surface area contributed by atoms with Gasteiger partial charge in [0.25, 0.3) is 0 Å². The second-order valence-electron chi connectivity index (χ2n) is 8.35. The van der Waals surface area contributed by atoms with Gasteiger partial charge < -0.3 is 10.6 Å². The van der Waals surface area contributed by atoms with E-state index in [9.17, 15) is 22.4 Å². The van der Waals surface area contributed by atoms with Gasteiger partial charge in [0.05, 0.1) is 41.8 Å². The van der Waals surface area contributed by atoms with Crippen LogP contribution in [0.1, 0.15) is 12.8 Å². The van der Waals surface area contributed by atoms with Crippen molar-refractivity contribution in [1.29, 1.82) is 0 Å². The van der Waals surface area contributed by atoms with E-state index in [4.69, 9.17) is 0 Å². The van der Waals surface area contributed by atoms with E-state index in [1.807, 2.05) is 0 Å². The van der Waals surface area contributed by atoms with E-state index in [1.54, 1.807) is 31.3 Å². The molecule has 1 aromatic rings. The number of piperidine rings is 1. The molecule has 3 aliphatic rings. The molecule has 4 unspecified atom stereocenters. The van der Waals surface area contributed by atoms with Gasteiger partial charge in [0.2, 0.25) is 21.8 Å². The van der Waals surface area contributed by atoms with Crippen LogP contribution in [0.3, 0.4) is 0 Å². The molecule has 31 heavy (non-hydrogen) atoms. The Morgan fingerprint density at radius 3 is 2.61 bits per heavy atom. The van der Waals surface area contributed by atoms with Gasteiger partial charge in [0.15, 0.2) is 0 Å². The molecule has 0 spiro atoms. The van der Waals surface area contributed by atoms with E-state index in [-0.39, 0.29) is 18.2 Å². The molecule has 12 heteroatoms. The molecule has 3 fully saturated rings. The van der Waals surface area contributed by atoms with Gasteiger partial charge in [-0.15, -0.1) is 0 Å². The van der Waals surface area contributed by atoms with Crippen molar-refractivity contribution in [3.05, 3.63) is 24.3 Å². The number of hydrazine groups is 1. The molecule has 6 atom stereocenters. The molecule has 0 radical (unpaired) electrons. The highest BCUT2D eigenvalue weighted by Crippen LogP contribution is 2.35. The Balaban J connectivity index is 1.58. The third-order valence-corrected chi connectivity index (χ3v) is 7.25. The predicted molar refractivity (Wildman–Crippen MR) is 113 cm³/mol. The Kier molecular flexibility index (Phi) is 5.56. The zero-order valence-electron chi connectivity index (χ0n) is 17.5. The van der Waals surface area contributed by atoms with Gasteiger partial charge in [0, 0.05) is 26.6 Å². The first-order valence-electron chi connectivity index (χ1n) is 10.1. The number of rotatable bonds is 6. The fraction of sp³-hybridized carbons (Fsp3) is 0.579. The number of alkyl halides is 1. The zero-order valence-corrected chi connectivity index (χ0v) is 18.3. The highest BCUT2D eigenvalue weighted by atomic mass is 32.2. The van der Waals surface area contributed by atoms with Crippen LogP contribution in [0.2, 0.25) is 0 Å². The van der Waals surface area contributed by atoms with Crippen molar-refractivity contribution in [3.63, 3.8) is 0 Å². The molecular formula is C19H27FN6O4S. The summed E-state index contributed by atoms with van der Waals surface area (Å²) in [5.74, 6) is -1.57. The Morgan fingerprint density at radius 2 is 1.97 bits per heavy atom. The summed E-state index contributed by atoms with van der Waals surface area (Å²) in [5.41, 5.74) is 4.05. The van der Waals surface area contributed by atoms with Gasteiger partial charge in [-0.05, 0) is 18.6 Å². The highest BCUT2D eigenvalue weighted by molar-refractivity contribution is 7.92. The maximum Gasteiger partial charge on any atom is 0.244 e. The van der Waals surface area contributed by atoms with Crippen molar-refractivity contribution in [2.24, 2.45) is 11.8 Å². The fourth-order valence-electron chi connectivity index (χ4n) is 4.16. The number of nitrogens with zero attached hydrogens (tertiary/aromatic N) is 2. The van der Waals surface area contributed by atoms with Gasteiger partial charge in [-0.1, -0.05) is 12.1 Å². The molecule has 1 saturated carbocycles. The van der Waals surface area contributed by atoms with E-state index >= 15 is 0 Å². The van der Waals surface area contributed by atoms with Crippen LogP contribution in [-0.2, 0) is 19.6 Å². The minimum absolute atomic E-state index is 0.125. The molecule has 0 aromatic heterocycles. The first-order valence-corrected chi connectivity index (χ1v) is 11.9. The summed E-state index contributed by atoms with van der Waals surface area (Å²) < 4.78 is 38.6. The van der Waals surface area contributed by atoms with Crippen molar-refractivity contribution in [1.82, 2.24) is 21.1 Å². The molecule has 170 valence electrons. The summed E-state index contributed by atoms with van der Waals surface area (Å²) in [4.78, 5) is 25.0. The lowest BCUT2D eigenvalue weighted by Gasteiger charge is -2.39. The fourth-order valence-corrected chi connectivity index (χ4v) is 4.68. The summed E-state index contributed by atoms with van der Waals surface area (Å²) in [6.07, 6.45) is -0.308. The quantitative estimate of drug-likeness (QED) is 0.460. The van der Waals surface area contributed by atoms with Crippen LogP contribution < -0.4 is 25.7 Å². The Labute approximate surface area is 180 Å². The molecule has 0 bridgehead atoms. The largest absolute Gasteiger partial charge is 0.380 e. The van der Waals surface area contributed by atoms with Crippen LogP contribution in [0, 0.1) is 11.8 Å². The molecule has 10 nitrogen and oxygen atoms in total. The number of para-hydroxylation sites is 2. The number of halogens is 1. The van der Waals surface area contributed by atoms with Crippen LogP contribution in [-0.4, -0.2) is 70.1 Å². The van der Waals surface area contributed by atoms with Crippen molar-refractivity contribution < 1.29 is 22.4 Å². The topological polar surface area (TPSA) is 123 Å². The van der Waals surface area contributed by atoms with Crippen LogP contribution in [0.4, 0.5) is 15.8 Å². The number of amides is 2. The summed E-state index contributed by atoms with van der Waals surface area (Å²) in [6.45, 7) is 0. The second kappa shape index (κ2) is 7.92. The lowest BCUT2D eigenvalue weighted by atomic mass is 9.88. The lowest BCUT2D eigenvalue weighted by Crippen LogP contribution is -2.63. The van der Waals surface area contributed by atoms with Gasteiger partial charge in [0.1, 0.15) is 6.17 Å². The third kappa shape index (κ3) is 4.32. The molecule has 4 N–H and O–H groups in total. The normalized spacial score (nSPS) is 32.4. The molecule has 2 amide bonds. The molecule has 2 aliphatic heterocycles. The van der Waals surface area contributed by atoms with E-state index in [0.29, 0.717) is 17.8 Å². The number of carbonyl (C=O) groups is 2. The third-order valence-electron chi connectivity index (χ3n) is 6.06. The zero-order chi connectivity index (χ0) is 22.5. The number of carbonyl (C=O) groups excluding carboxylic acids is 2. The Morgan fingerprint density at radius 1 is 1.29 bits per heavy atom. The SMILES string of the molecule is CN1NC2NC(NC(=O)[C@@H]3C[C@@H]3F)CC(Nc3ccccc3N(C)S(C)(=O)=O)C2C1=O. The Hall–Kier alpha value is -2.44. The average Bonchev–Trinajstić information content (AvgIpc) is 3.36. The monoisotopic (exact) mass is 454 g/mol. The molecule has 1 aliphatic carbocycles. The van der Waals surface area contributed by atoms with Crippen molar-refractivity contribution >= 4 is 33.2 Å². The maximum atomic E-state index is 13.3. The first-order chi connectivity index (χ1) is 14.6. The molecular weight excluding hydrogens is 427 g/mol. The van der Waals surface area contributed by atoms with Crippen molar-refractivity contribution in [2.75, 3.05) is 30.0 Å². The maximum absolute atomic E-state index is 13.3. The molecule has 2 heterocycles. The Bertz CT molecular complexity index is 991. The number of anilines is 2. The van der Waals surface area contributed by atoms with E-state index in [1.165, 1.54) is 16.4 Å². The lowest BCUT2D eigenvalue weighted by molar-refractivity contribution is -0.131. The van der Waals surface area contributed by atoms with Gasteiger partial charge >= 0.3 is 0 Å². The van der Waals surface area contributed by atoms with Crippen LogP contribution in [0.25, 0.3) is 0 Å². The summed E-state index contributed by atoms with van der Waals surface area (Å²) >= 11 is 0. The van der Waals surface area contributed by atoms with Crippen LogP contribution in [0.15, 0.2) is 24.3 Å². The second-order valence-corrected chi connectivity index (χ2v) is 10.4. The number of hydrogen-bond donors (Lipinski definition) is 4. The standard InChI is InChI=1S/C19H27FN6O4S/c1-25-19(28)16-13(21-12-6-4-5-7-14(12)26(2)31(3,29)30)9-15(22-17(16)24-25)23-18(27)10-8-11(10)20/h4-7,10-11,13,15-17,21-22,24H,8-9H2,1-3H3,(H,23,27)/t10-,11+,13?,15?,16?,17?/m1/s1. The van der Waals surface area contributed by atoms with Gasteiger partial charge in [-0.3, -0.25) is 24.2 Å². The summed E-state index contributed by atoms with van der Waals surface area (Å²) in [7, 11) is -0.407. The van der Waals surface area contributed by atoms with Crippen LogP contribution in [0.5, 0.6) is 0 Å². The van der Waals surface area contributed by atoms with E-state index in [2.05, 4.69) is 21.4 Å². The molecule has 4 rings (SSSR count). The van der Waals surface area contributed by atoms with Crippen molar-refractivity contribution in [2.45, 2.75) is 37.4 Å². The number of sulfonamides is 1. The summed E-state index contributed by atoms with van der Waals surface area (Å²) in [6, 6.07) is 6.52. The van der Waals surface area contributed by atoms with Gasteiger partial charge in [-0.25, -0.2) is 18.2 Å². The number of benzene rings is 1. The minimum atomic E-state index is -3.49. The smallest absolute Gasteiger partial charge is 0.244 e. The van der Waals surface area contributed by atoms with E-state index < -0.39 is 46.4 Å². The summed E-state index contributed by atoms with van der Waals surface area (Å²) in [5, 5.41) is 10.8. The molecule has 2 saturated heterocycles.